The third kappa shape index (κ3) is 1.90. The van der Waals surface area contributed by atoms with Crippen molar-refractivity contribution in [2.75, 3.05) is 19.9 Å². The lowest BCUT2D eigenvalue weighted by molar-refractivity contribution is 0.162. The van der Waals surface area contributed by atoms with Gasteiger partial charge in [-0.25, -0.2) is 0 Å². The Hall–Kier alpha value is -0.290. The molecular formula is C8H13O3P. The van der Waals surface area contributed by atoms with Gasteiger partial charge in [0.1, 0.15) is 0 Å². The molecule has 1 saturated heterocycles. The highest BCUT2D eigenvalue weighted by molar-refractivity contribution is 7.53. The molecule has 0 spiro atoms. The number of rotatable bonds is 1. The zero-order valence-electron chi connectivity index (χ0n) is 7.32. The molecule has 0 radical (unpaired) electrons. The molecule has 1 aliphatic heterocycles. The van der Waals surface area contributed by atoms with Crippen molar-refractivity contribution < 1.29 is 13.6 Å². The molecule has 3 unspecified atom stereocenters. The maximum atomic E-state index is 11.6. The normalized spacial score (nSPS) is 42.1. The lowest BCUT2D eigenvalue weighted by Crippen LogP contribution is -2.25. The van der Waals surface area contributed by atoms with E-state index in [2.05, 4.69) is 5.92 Å². The zero-order valence-corrected chi connectivity index (χ0v) is 8.21. The first kappa shape index (κ1) is 9.80. The van der Waals surface area contributed by atoms with E-state index < -0.39 is 7.60 Å². The molecule has 0 aromatic rings. The topological polar surface area (TPSA) is 35.5 Å². The lowest BCUT2D eigenvalue weighted by atomic mass is 9.98. The van der Waals surface area contributed by atoms with Gasteiger partial charge in [0, 0.05) is 13.0 Å². The average Bonchev–Trinajstić information content (AvgIpc) is 2.10. The van der Waals surface area contributed by atoms with Crippen molar-refractivity contribution in [3.8, 4) is 12.3 Å². The van der Waals surface area contributed by atoms with Gasteiger partial charge in [-0.1, -0.05) is 6.92 Å². The van der Waals surface area contributed by atoms with Crippen LogP contribution in [0.1, 0.15) is 6.92 Å². The van der Waals surface area contributed by atoms with Crippen LogP contribution in [0.25, 0.3) is 0 Å². The Balaban J connectivity index is 2.69. The molecule has 3 nitrogen and oxygen atoms in total. The largest absolute Gasteiger partial charge is 0.331 e. The van der Waals surface area contributed by atoms with Gasteiger partial charge in [0.05, 0.1) is 12.8 Å². The molecule has 0 amide bonds. The van der Waals surface area contributed by atoms with Crippen LogP contribution in [0.15, 0.2) is 0 Å². The van der Waals surface area contributed by atoms with Crippen molar-refractivity contribution >= 4 is 7.60 Å². The monoisotopic (exact) mass is 188 g/mol. The van der Waals surface area contributed by atoms with Crippen molar-refractivity contribution in [3.05, 3.63) is 0 Å². The highest BCUT2D eigenvalue weighted by atomic mass is 31.2. The first-order chi connectivity index (χ1) is 5.61. The number of terminal acetylenes is 1. The molecule has 12 heavy (non-hydrogen) atoms. The maximum Gasteiger partial charge on any atom is 0.331 e. The Bertz CT molecular complexity index is 243. The van der Waals surface area contributed by atoms with Gasteiger partial charge in [-0.2, -0.15) is 0 Å². The van der Waals surface area contributed by atoms with Crippen molar-refractivity contribution in [2.24, 2.45) is 11.8 Å². The predicted molar refractivity (Wildman–Crippen MR) is 46.9 cm³/mol. The molecule has 0 N–H and O–H groups in total. The Morgan fingerprint density at radius 2 is 2.42 bits per heavy atom. The van der Waals surface area contributed by atoms with Crippen molar-refractivity contribution in [2.45, 2.75) is 6.92 Å². The lowest BCUT2D eigenvalue weighted by Gasteiger charge is -2.29. The second-order valence-corrected chi connectivity index (χ2v) is 5.23. The van der Waals surface area contributed by atoms with Gasteiger partial charge in [0.2, 0.25) is 0 Å². The van der Waals surface area contributed by atoms with Crippen LogP contribution in [0.5, 0.6) is 0 Å². The first-order valence-electron chi connectivity index (χ1n) is 3.87. The summed E-state index contributed by atoms with van der Waals surface area (Å²) in [7, 11) is -1.45. The number of hydrogen-bond acceptors (Lipinski definition) is 3. The quantitative estimate of drug-likeness (QED) is 0.464. The van der Waals surface area contributed by atoms with Crippen LogP contribution in [-0.2, 0) is 13.6 Å². The Kier molecular flexibility index (Phi) is 2.95. The first-order valence-corrected chi connectivity index (χ1v) is 5.59. The summed E-state index contributed by atoms with van der Waals surface area (Å²) in [4.78, 5) is 0. The molecule has 68 valence electrons. The minimum absolute atomic E-state index is 0.0181. The van der Waals surface area contributed by atoms with Crippen LogP contribution >= 0.6 is 7.60 Å². The van der Waals surface area contributed by atoms with Crippen molar-refractivity contribution in [1.29, 1.82) is 0 Å². The molecule has 0 bridgehead atoms. The summed E-state index contributed by atoms with van der Waals surface area (Å²) in [6, 6.07) is 0. The smallest absolute Gasteiger partial charge is 0.312 e. The van der Waals surface area contributed by atoms with Gasteiger partial charge < -0.3 is 9.05 Å². The third-order valence-corrected chi connectivity index (χ3v) is 4.07. The molecule has 4 heteroatoms. The van der Waals surface area contributed by atoms with Gasteiger partial charge in [-0.05, 0) is 5.92 Å². The summed E-state index contributed by atoms with van der Waals surface area (Å²) in [5.74, 6) is 2.90. The molecule has 0 aromatic carbocycles. The van der Waals surface area contributed by atoms with E-state index in [1.165, 1.54) is 7.11 Å². The van der Waals surface area contributed by atoms with Crippen LogP contribution in [0.4, 0.5) is 0 Å². The summed E-state index contributed by atoms with van der Waals surface area (Å²) in [6.45, 7) is 2.42. The fraction of sp³-hybridized carbons (Fsp3) is 0.750. The van der Waals surface area contributed by atoms with Crippen LogP contribution in [0, 0.1) is 24.2 Å². The summed E-state index contributed by atoms with van der Waals surface area (Å²) in [6.07, 6.45) is 5.64. The molecule has 1 aliphatic rings. The summed E-state index contributed by atoms with van der Waals surface area (Å²) < 4.78 is 21.5. The molecule has 1 rings (SSSR count). The van der Waals surface area contributed by atoms with Crippen LogP contribution in [0.3, 0.4) is 0 Å². The maximum absolute atomic E-state index is 11.6. The Morgan fingerprint density at radius 1 is 1.75 bits per heavy atom. The third-order valence-electron chi connectivity index (χ3n) is 2.13. The van der Waals surface area contributed by atoms with E-state index in [4.69, 9.17) is 15.5 Å². The fourth-order valence-corrected chi connectivity index (χ4v) is 2.93. The standard InChI is InChI=1S/C8H13O3P/c1-4-8-6-12(9,10-3)11-5-7(8)2/h1,7-8H,5-6H2,2-3H3. The molecule has 1 fully saturated rings. The molecular weight excluding hydrogens is 175 g/mol. The fourth-order valence-electron chi connectivity index (χ4n) is 1.17. The average molecular weight is 188 g/mol. The van der Waals surface area contributed by atoms with E-state index in [0.29, 0.717) is 12.8 Å². The van der Waals surface area contributed by atoms with E-state index in [1.54, 1.807) is 0 Å². The predicted octanol–water partition coefficient (Wildman–Crippen LogP) is 1.74. The van der Waals surface area contributed by atoms with E-state index in [-0.39, 0.29) is 11.8 Å². The Labute approximate surface area is 73.0 Å². The summed E-state index contributed by atoms with van der Waals surface area (Å²) in [5.41, 5.74) is 0. The van der Waals surface area contributed by atoms with Crippen molar-refractivity contribution in [1.82, 2.24) is 0 Å². The van der Waals surface area contributed by atoms with Crippen LogP contribution in [-0.4, -0.2) is 19.9 Å². The van der Waals surface area contributed by atoms with Gasteiger partial charge in [0.15, 0.2) is 0 Å². The van der Waals surface area contributed by atoms with E-state index in [0.717, 1.165) is 0 Å². The summed E-state index contributed by atoms with van der Waals surface area (Å²) >= 11 is 0. The summed E-state index contributed by atoms with van der Waals surface area (Å²) in [5, 5.41) is 0. The molecule has 0 saturated carbocycles. The van der Waals surface area contributed by atoms with E-state index in [9.17, 15) is 4.57 Å². The van der Waals surface area contributed by atoms with Gasteiger partial charge in [-0.15, -0.1) is 12.3 Å². The van der Waals surface area contributed by atoms with Gasteiger partial charge >= 0.3 is 7.60 Å². The SMILES string of the molecule is C#CC1CP(=O)(OC)OCC1C. The van der Waals surface area contributed by atoms with Gasteiger partial charge in [0.25, 0.3) is 0 Å². The number of hydrogen-bond donors (Lipinski definition) is 0. The van der Waals surface area contributed by atoms with E-state index >= 15 is 0 Å². The highest BCUT2D eigenvalue weighted by Crippen LogP contribution is 2.53. The van der Waals surface area contributed by atoms with Crippen LogP contribution in [0.2, 0.25) is 0 Å². The molecule has 3 atom stereocenters. The van der Waals surface area contributed by atoms with Crippen molar-refractivity contribution in [3.63, 3.8) is 0 Å². The molecule has 0 aromatic heterocycles. The second-order valence-electron chi connectivity index (χ2n) is 3.02. The molecule has 0 aliphatic carbocycles. The molecule has 1 heterocycles. The van der Waals surface area contributed by atoms with Crippen LogP contribution < -0.4 is 0 Å². The minimum Gasteiger partial charge on any atom is -0.312 e. The Morgan fingerprint density at radius 3 is 2.92 bits per heavy atom. The zero-order chi connectivity index (χ0) is 9.19. The minimum atomic E-state index is -2.85. The van der Waals surface area contributed by atoms with E-state index in [1.807, 2.05) is 6.92 Å². The highest BCUT2D eigenvalue weighted by Gasteiger charge is 2.35. The van der Waals surface area contributed by atoms with Gasteiger partial charge in [-0.3, -0.25) is 4.57 Å². The second kappa shape index (κ2) is 3.62.